The van der Waals surface area contributed by atoms with Crippen molar-refractivity contribution in [2.24, 2.45) is 0 Å². The summed E-state index contributed by atoms with van der Waals surface area (Å²) in [5.41, 5.74) is 1.85. The highest BCUT2D eigenvalue weighted by Crippen LogP contribution is 2.42. The largest absolute Gasteiger partial charge is 0.450 e. The fourth-order valence-electron chi connectivity index (χ4n) is 4.95. The van der Waals surface area contributed by atoms with E-state index in [-0.39, 0.29) is 11.9 Å². The Morgan fingerprint density at radius 3 is 2.21 bits per heavy atom. The Balaban J connectivity index is 1.50. The van der Waals surface area contributed by atoms with Crippen molar-refractivity contribution in [1.29, 1.82) is 0 Å². The van der Waals surface area contributed by atoms with Gasteiger partial charge in [-0.1, -0.05) is 91.0 Å². The molecular weight excluding hydrogens is 410 g/mol. The van der Waals surface area contributed by atoms with E-state index in [1.807, 2.05) is 48.6 Å². The maximum atomic E-state index is 13.2. The second-order valence-corrected chi connectivity index (χ2v) is 8.44. The van der Waals surface area contributed by atoms with Gasteiger partial charge in [0.25, 0.3) is 5.91 Å². The Labute approximate surface area is 191 Å². The average Bonchev–Trinajstić information content (AvgIpc) is 2.84. The van der Waals surface area contributed by atoms with Crippen molar-refractivity contribution in [1.82, 2.24) is 0 Å². The van der Waals surface area contributed by atoms with Crippen LogP contribution in [0.2, 0.25) is 0 Å². The maximum absolute atomic E-state index is 13.2. The monoisotopic (exact) mass is 431 g/mol. The third-order valence-corrected chi connectivity index (χ3v) is 6.43. The second-order valence-electron chi connectivity index (χ2n) is 8.44. The number of amides is 1. The summed E-state index contributed by atoms with van der Waals surface area (Å²) in [6, 6.07) is 28.3. The first-order chi connectivity index (χ1) is 16.1. The lowest BCUT2D eigenvalue weighted by atomic mass is 9.90. The average molecular weight is 431 g/mol. The van der Waals surface area contributed by atoms with Gasteiger partial charge in [0.15, 0.2) is 0 Å². The Hall–Kier alpha value is -4.18. The summed E-state index contributed by atoms with van der Waals surface area (Å²) in [4.78, 5) is 26.6. The van der Waals surface area contributed by atoms with Crippen molar-refractivity contribution in [2.75, 3.05) is 4.90 Å². The van der Waals surface area contributed by atoms with E-state index >= 15 is 0 Å². The van der Waals surface area contributed by atoms with Crippen molar-refractivity contribution in [2.45, 2.75) is 19.1 Å². The van der Waals surface area contributed by atoms with Crippen LogP contribution in [0.25, 0.3) is 38.4 Å². The van der Waals surface area contributed by atoms with Crippen LogP contribution in [0.3, 0.4) is 0 Å². The molecule has 4 nitrogen and oxygen atoms in total. The lowest BCUT2D eigenvalue weighted by molar-refractivity contribution is -0.159. The number of anilines is 1. The third-order valence-electron chi connectivity index (χ3n) is 6.43. The zero-order valence-electron chi connectivity index (χ0n) is 18.1. The summed E-state index contributed by atoms with van der Waals surface area (Å²) >= 11 is 0. The summed E-state index contributed by atoms with van der Waals surface area (Å²) in [5, 5.41) is 6.86. The first kappa shape index (κ1) is 19.5. The number of β-lactam (4-membered cyclic amide) rings is 1. The molecule has 5 aromatic rings. The van der Waals surface area contributed by atoms with Gasteiger partial charge in [-0.15, -0.1) is 0 Å². The van der Waals surface area contributed by atoms with Gasteiger partial charge >= 0.3 is 5.97 Å². The summed E-state index contributed by atoms with van der Waals surface area (Å²) in [6.45, 7) is 1.34. The molecule has 0 spiro atoms. The topological polar surface area (TPSA) is 46.6 Å². The minimum Gasteiger partial charge on any atom is -0.450 e. The van der Waals surface area contributed by atoms with Crippen LogP contribution in [0.5, 0.6) is 0 Å². The molecule has 5 aromatic carbocycles. The van der Waals surface area contributed by atoms with Gasteiger partial charge in [0.2, 0.25) is 6.10 Å². The summed E-state index contributed by atoms with van der Waals surface area (Å²) in [5.74, 6) is -0.663. The number of carbonyl (C=O) groups is 2. The van der Waals surface area contributed by atoms with E-state index in [0.717, 1.165) is 27.4 Å². The number of benzene rings is 5. The molecule has 33 heavy (non-hydrogen) atoms. The molecule has 1 fully saturated rings. The van der Waals surface area contributed by atoms with Gasteiger partial charge in [0.05, 0.1) is 5.69 Å². The normalized spacial score (nSPS) is 18.5. The Kier molecular flexibility index (Phi) is 4.40. The van der Waals surface area contributed by atoms with Gasteiger partial charge in [-0.3, -0.25) is 14.5 Å². The molecule has 160 valence electrons. The molecule has 0 unspecified atom stereocenters. The number of hydrogen-bond donors (Lipinski definition) is 0. The fourth-order valence-corrected chi connectivity index (χ4v) is 4.95. The van der Waals surface area contributed by atoms with Gasteiger partial charge in [0, 0.05) is 12.3 Å². The number of ether oxygens (including phenoxy) is 1. The standard InChI is InChI=1S/C29H21NO3/c1-18(31)33-28-25(16-10-19-6-3-2-4-7-19)30(29(28)32)24-17-14-22-12-11-20-8-5-9-21-13-15-23(24)27(22)26(20)21/h2-17,25,28H,1H3/b16-10+/t25-,28+/m1/s1. The van der Waals surface area contributed by atoms with E-state index in [4.69, 9.17) is 4.74 Å². The second kappa shape index (κ2) is 7.45. The number of hydrogen-bond acceptors (Lipinski definition) is 3. The highest BCUT2D eigenvalue weighted by Gasteiger charge is 2.49. The first-order valence-corrected chi connectivity index (χ1v) is 11.0. The van der Waals surface area contributed by atoms with Crippen molar-refractivity contribution in [3.8, 4) is 0 Å². The summed E-state index contributed by atoms with van der Waals surface area (Å²) < 4.78 is 5.39. The molecule has 1 saturated heterocycles. The molecule has 0 aliphatic carbocycles. The van der Waals surface area contributed by atoms with E-state index < -0.39 is 12.1 Å². The fraction of sp³-hybridized carbons (Fsp3) is 0.103. The highest BCUT2D eigenvalue weighted by molar-refractivity contribution is 6.26. The van der Waals surface area contributed by atoms with Crippen LogP contribution in [0.4, 0.5) is 5.69 Å². The van der Waals surface area contributed by atoms with Crippen molar-refractivity contribution >= 4 is 56.0 Å². The number of carbonyl (C=O) groups excluding carboxylic acids is 2. The number of rotatable bonds is 4. The van der Waals surface area contributed by atoms with Crippen LogP contribution in [-0.4, -0.2) is 24.0 Å². The van der Waals surface area contributed by atoms with Gasteiger partial charge in [-0.05, 0) is 38.6 Å². The molecular formula is C29H21NO3. The van der Waals surface area contributed by atoms with E-state index in [1.165, 1.54) is 23.1 Å². The molecule has 0 bridgehead atoms. The minimum absolute atomic E-state index is 0.206. The van der Waals surface area contributed by atoms with E-state index in [0.29, 0.717) is 0 Å². The molecule has 0 radical (unpaired) electrons. The molecule has 1 amide bonds. The zero-order chi connectivity index (χ0) is 22.5. The smallest absolute Gasteiger partial charge is 0.303 e. The predicted octanol–water partition coefficient (Wildman–Crippen LogP) is 5.94. The predicted molar refractivity (Wildman–Crippen MR) is 132 cm³/mol. The molecule has 1 aliphatic heterocycles. The maximum Gasteiger partial charge on any atom is 0.303 e. The van der Waals surface area contributed by atoms with Crippen LogP contribution in [0.15, 0.2) is 91.0 Å². The lowest BCUT2D eigenvalue weighted by Crippen LogP contribution is -2.65. The van der Waals surface area contributed by atoms with Crippen LogP contribution >= 0.6 is 0 Å². The van der Waals surface area contributed by atoms with Crippen molar-refractivity contribution in [3.63, 3.8) is 0 Å². The molecule has 0 saturated carbocycles. The highest BCUT2D eigenvalue weighted by atomic mass is 16.6. The molecule has 2 atom stereocenters. The van der Waals surface area contributed by atoms with E-state index in [1.54, 1.807) is 4.90 Å². The van der Waals surface area contributed by atoms with Crippen molar-refractivity contribution < 1.29 is 14.3 Å². The van der Waals surface area contributed by atoms with Gasteiger partial charge in [0.1, 0.15) is 6.04 Å². The van der Waals surface area contributed by atoms with Crippen LogP contribution < -0.4 is 4.90 Å². The third kappa shape index (κ3) is 3.06. The van der Waals surface area contributed by atoms with Crippen LogP contribution in [0.1, 0.15) is 12.5 Å². The number of nitrogens with zero attached hydrogens (tertiary/aromatic N) is 1. The number of esters is 1. The first-order valence-electron chi connectivity index (χ1n) is 11.0. The Morgan fingerprint density at radius 2 is 1.48 bits per heavy atom. The molecule has 4 heteroatoms. The van der Waals surface area contributed by atoms with E-state index in [9.17, 15) is 9.59 Å². The molecule has 0 aromatic heterocycles. The molecule has 1 aliphatic rings. The lowest BCUT2D eigenvalue weighted by Gasteiger charge is -2.45. The summed E-state index contributed by atoms with van der Waals surface area (Å²) in [7, 11) is 0. The van der Waals surface area contributed by atoms with Gasteiger partial charge in [-0.25, -0.2) is 0 Å². The Bertz CT molecular complexity index is 1540. The van der Waals surface area contributed by atoms with Crippen LogP contribution in [-0.2, 0) is 14.3 Å². The zero-order valence-corrected chi connectivity index (χ0v) is 18.1. The van der Waals surface area contributed by atoms with Gasteiger partial charge in [-0.2, -0.15) is 0 Å². The minimum atomic E-state index is -0.819. The quantitative estimate of drug-likeness (QED) is 0.201. The molecule has 1 heterocycles. The molecule has 0 N–H and O–H groups in total. The SMILES string of the molecule is CC(=O)O[C@@H]1C(=O)N(c2ccc3ccc4cccc5ccc2c3c45)[C@@H]1/C=C/c1ccccc1. The van der Waals surface area contributed by atoms with Crippen LogP contribution in [0, 0.1) is 0 Å². The van der Waals surface area contributed by atoms with E-state index in [2.05, 4.69) is 48.5 Å². The molecule has 6 rings (SSSR count). The van der Waals surface area contributed by atoms with Gasteiger partial charge < -0.3 is 4.74 Å². The summed E-state index contributed by atoms with van der Waals surface area (Å²) in [6.07, 6.45) is 3.10. The Morgan fingerprint density at radius 1 is 0.818 bits per heavy atom. The van der Waals surface area contributed by atoms with Crippen molar-refractivity contribution in [3.05, 3.63) is 96.6 Å².